The summed E-state index contributed by atoms with van der Waals surface area (Å²) in [5.74, 6) is 2.62. The molecule has 0 atom stereocenters. The van der Waals surface area contributed by atoms with Crippen molar-refractivity contribution in [1.29, 1.82) is 0 Å². The van der Waals surface area contributed by atoms with Crippen molar-refractivity contribution in [3.63, 3.8) is 0 Å². The lowest BCUT2D eigenvalue weighted by Crippen LogP contribution is -2.48. The highest BCUT2D eigenvalue weighted by atomic mass is 16.3. The molecule has 4 aliphatic rings. The van der Waals surface area contributed by atoms with Gasteiger partial charge in [0, 0.05) is 25.2 Å². The molecule has 4 saturated carbocycles. The van der Waals surface area contributed by atoms with Crippen molar-refractivity contribution in [2.45, 2.75) is 63.6 Å². The van der Waals surface area contributed by atoms with Gasteiger partial charge in [0.25, 0.3) is 0 Å². The normalized spacial score (nSPS) is 27.4. The lowest BCUT2D eigenvalue weighted by Gasteiger charge is -2.57. The maximum Gasteiger partial charge on any atom is 0.162 e. The van der Waals surface area contributed by atoms with Crippen LogP contribution in [0.1, 0.15) is 60.8 Å². The van der Waals surface area contributed by atoms with E-state index in [-0.39, 0.29) is 16.9 Å². The number of benzene rings is 3. The first-order valence-corrected chi connectivity index (χ1v) is 12.9. The Balaban J connectivity index is 1.32. The Hall–Kier alpha value is -2.78. The van der Waals surface area contributed by atoms with Gasteiger partial charge < -0.3 is 10.2 Å². The highest BCUT2D eigenvalue weighted by Gasteiger charge is 2.51. The monoisotopic (exact) mass is 453 g/mol. The van der Waals surface area contributed by atoms with Crippen LogP contribution in [0.25, 0.3) is 0 Å². The Bertz CT molecular complexity index is 1060. The maximum absolute atomic E-state index is 10.9. The Morgan fingerprint density at radius 2 is 1.18 bits per heavy atom. The highest BCUT2D eigenvalue weighted by molar-refractivity contribution is 5.50. The molecule has 3 heteroatoms. The van der Waals surface area contributed by atoms with Gasteiger partial charge in [0.05, 0.1) is 0 Å². The van der Waals surface area contributed by atoms with Gasteiger partial charge in [-0.1, -0.05) is 60.7 Å². The van der Waals surface area contributed by atoms with E-state index in [0.29, 0.717) is 6.54 Å². The molecule has 0 amide bonds. The van der Waals surface area contributed by atoms with Gasteiger partial charge in [-0.3, -0.25) is 4.90 Å². The fourth-order valence-electron chi connectivity index (χ4n) is 7.66. The summed E-state index contributed by atoms with van der Waals surface area (Å²) in [6.07, 6.45) is 7.95. The topological polar surface area (TPSA) is 43.7 Å². The minimum absolute atomic E-state index is 0.0413. The first kappa shape index (κ1) is 21.7. The first-order valence-electron chi connectivity index (χ1n) is 12.9. The molecule has 0 aliphatic heterocycles. The van der Waals surface area contributed by atoms with Crippen molar-refractivity contribution in [2.75, 3.05) is 0 Å². The molecule has 0 aromatic heterocycles. The van der Waals surface area contributed by atoms with Crippen molar-refractivity contribution in [3.8, 4) is 11.5 Å². The summed E-state index contributed by atoms with van der Waals surface area (Å²) >= 11 is 0. The van der Waals surface area contributed by atoms with E-state index >= 15 is 0 Å². The second-order valence-electron chi connectivity index (χ2n) is 11.3. The number of phenols is 2. The van der Waals surface area contributed by atoms with Crippen molar-refractivity contribution in [2.24, 2.45) is 17.8 Å². The Morgan fingerprint density at radius 3 is 1.68 bits per heavy atom. The molecular weight excluding hydrogens is 418 g/mol. The van der Waals surface area contributed by atoms with Gasteiger partial charge in [-0.15, -0.1) is 0 Å². The minimum atomic E-state index is 0.0413. The standard InChI is InChI=1S/C31H35NO2/c33-29-15-28(31-16-24-11-25(17-31)13-26(12-24)18-31)14-27(30(29)34)21-32(19-22-7-3-1-4-8-22)20-23-9-5-2-6-10-23/h1-10,14-15,24-26,33-34H,11-13,16-21H2. The number of hydrogen-bond donors (Lipinski definition) is 2. The molecule has 0 radical (unpaired) electrons. The van der Waals surface area contributed by atoms with E-state index in [1.165, 1.54) is 55.2 Å². The smallest absolute Gasteiger partial charge is 0.162 e. The van der Waals surface area contributed by atoms with E-state index in [9.17, 15) is 10.2 Å². The number of phenolic OH excluding ortho intramolecular Hbond substituents is 2. The van der Waals surface area contributed by atoms with Crippen LogP contribution < -0.4 is 0 Å². The van der Waals surface area contributed by atoms with E-state index in [2.05, 4.69) is 59.5 Å². The number of aromatic hydroxyl groups is 2. The summed E-state index contributed by atoms with van der Waals surface area (Å²) in [7, 11) is 0. The van der Waals surface area contributed by atoms with E-state index in [1.54, 1.807) is 0 Å². The first-order chi connectivity index (χ1) is 16.6. The van der Waals surface area contributed by atoms with Crippen molar-refractivity contribution >= 4 is 0 Å². The highest BCUT2D eigenvalue weighted by Crippen LogP contribution is 2.61. The van der Waals surface area contributed by atoms with Gasteiger partial charge in [0.2, 0.25) is 0 Å². The van der Waals surface area contributed by atoms with Crippen molar-refractivity contribution < 1.29 is 10.2 Å². The number of hydrogen-bond acceptors (Lipinski definition) is 3. The Kier molecular flexibility index (Phi) is 5.61. The largest absolute Gasteiger partial charge is 0.504 e. The lowest BCUT2D eigenvalue weighted by atomic mass is 9.48. The van der Waals surface area contributed by atoms with Gasteiger partial charge in [0.1, 0.15) is 0 Å². The third-order valence-electron chi connectivity index (χ3n) is 8.71. The van der Waals surface area contributed by atoms with E-state index < -0.39 is 0 Å². The van der Waals surface area contributed by atoms with E-state index in [1.807, 2.05) is 18.2 Å². The summed E-state index contributed by atoms with van der Waals surface area (Å²) in [6.45, 7) is 2.18. The molecule has 3 aromatic rings. The van der Waals surface area contributed by atoms with Gasteiger partial charge in [-0.25, -0.2) is 0 Å². The second kappa shape index (κ2) is 8.78. The predicted molar refractivity (Wildman–Crippen MR) is 135 cm³/mol. The summed E-state index contributed by atoms with van der Waals surface area (Å²) in [6, 6.07) is 25.1. The van der Waals surface area contributed by atoms with Crippen LogP contribution in [0.2, 0.25) is 0 Å². The van der Waals surface area contributed by atoms with Crippen LogP contribution >= 0.6 is 0 Å². The summed E-state index contributed by atoms with van der Waals surface area (Å²) in [4.78, 5) is 2.36. The summed E-state index contributed by atoms with van der Waals surface area (Å²) in [5, 5.41) is 21.7. The fraction of sp³-hybridized carbons (Fsp3) is 0.419. The SMILES string of the molecule is Oc1cc(C23CC4CC(CC(C4)C2)C3)cc(CN(Cc2ccccc2)Cc2ccccc2)c1O. The van der Waals surface area contributed by atoms with Crippen molar-refractivity contribution in [3.05, 3.63) is 95.1 Å². The summed E-state index contributed by atoms with van der Waals surface area (Å²) < 4.78 is 0. The molecule has 34 heavy (non-hydrogen) atoms. The predicted octanol–water partition coefficient (Wildman–Crippen LogP) is 6.77. The number of rotatable bonds is 7. The molecule has 7 rings (SSSR count). The minimum Gasteiger partial charge on any atom is -0.504 e. The van der Waals surface area contributed by atoms with E-state index in [4.69, 9.17) is 0 Å². The molecule has 3 aromatic carbocycles. The molecule has 4 fully saturated rings. The molecule has 176 valence electrons. The van der Waals surface area contributed by atoms with Crippen LogP contribution in [0.3, 0.4) is 0 Å². The molecule has 0 saturated heterocycles. The molecule has 0 heterocycles. The van der Waals surface area contributed by atoms with Crippen LogP contribution in [-0.4, -0.2) is 15.1 Å². The van der Waals surface area contributed by atoms with Crippen molar-refractivity contribution in [1.82, 2.24) is 4.90 Å². The Morgan fingerprint density at radius 1 is 0.676 bits per heavy atom. The van der Waals surface area contributed by atoms with Crippen LogP contribution in [0.15, 0.2) is 72.8 Å². The van der Waals surface area contributed by atoms with Crippen LogP contribution in [0.4, 0.5) is 0 Å². The zero-order valence-electron chi connectivity index (χ0n) is 19.9. The van der Waals surface area contributed by atoms with Crippen LogP contribution in [-0.2, 0) is 25.0 Å². The molecule has 3 nitrogen and oxygen atoms in total. The molecule has 0 unspecified atom stereocenters. The Labute approximate surface area is 203 Å². The zero-order chi connectivity index (χ0) is 23.1. The molecule has 0 spiro atoms. The molecular formula is C31H35NO2. The van der Waals surface area contributed by atoms with Gasteiger partial charge >= 0.3 is 0 Å². The zero-order valence-corrected chi connectivity index (χ0v) is 19.9. The molecule has 2 N–H and O–H groups in total. The quantitative estimate of drug-likeness (QED) is 0.388. The molecule has 4 bridgehead atoms. The van der Waals surface area contributed by atoms with Crippen LogP contribution in [0.5, 0.6) is 11.5 Å². The average molecular weight is 454 g/mol. The summed E-state index contributed by atoms with van der Waals surface area (Å²) in [5.41, 5.74) is 4.80. The molecule has 4 aliphatic carbocycles. The maximum atomic E-state index is 10.9. The lowest BCUT2D eigenvalue weighted by molar-refractivity contribution is -0.00535. The third kappa shape index (κ3) is 4.22. The number of nitrogens with zero attached hydrogens (tertiary/aromatic N) is 1. The third-order valence-corrected chi connectivity index (χ3v) is 8.71. The van der Waals surface area contributed by atoms with E-state index in [0.717, 1.165) is 36.4 Å². The fourth-order valence-corrected chi connectivity index (χ4v) is 7.66. The van der Waals surface area contributed by atoms with Crippen LogP contribution in [0, 0.1) is 17.8 Å². The average Bonchev–Trinajstić information content (AvgIpc) is 2.82. The van der Waals surface area contributed by atoms with Gasteiger partial charge in [-0.2, -0.15) is 0 Å². The van der Waals surface area contributed by atoms with Gasteiger partial charge in [-0.05, 0) is 90.5 Å². The second-order valence-corrected chi connectivity index (χ2v) is 11.3. The van der Waals surface area contributed by atoms with Gasteiger partial charge in [0.15, 0.2) is 11.5 Å².